The molecule has 0 spiro atoms. The van der Waals surface area contributed by atoms with Crippen molar-refractivity contribution < 1.29 is 14.2 Å². The van der Waals surface area contributed by atoms with Gasteiger partial charge in [-0.2, -0.15) is 0 Å². The van der Waals surface area contributed by atoms with Gasteiger partial charge in [-0.25, -0.2) is 16.0 Å². The van der Waals surface area contributed by atoms with E-state index < -0.39 is 0 Å². The van der Waals surface area contributed by atoms with Gasteiger partial charge in [0.15, 0.2) is 19.1 Å². The van der Waals surface area contributed by atoms with Crippen LogP contribution in [0.5, 0.6) is 0 Å². The van der Waals surface area contributed by atoms with Crippen LogP contribution in [0.25, 0.3) is 0 Å². The number of ether oxygens (including phenoxy) is 3. The van der Waals surface area contributed by atoms with E-state index in [0.29, 0.717) is 18.3 Å². The van der Waals surface area contributed by atoms with Crippen LogP contribution >= 0.6 is 0 Å². The van der Waals surface area contributed by atoms with Crippen molar-refractivity contribution in [3.05, 3.63) is 0 Å². The molecule has 0 bridgehead atoms. The fourth-order valence-corrected chi connectivity index (χ4v) is 4.97. The van der Waals surface area contributed by atoms with E-state index in [-0.39, 0.29) is 19.1 Å². The molecule has 3 saturated carbocycles. The molecule has 156 valence electrons. The summed E-state index contributed by atoms with van der Waals surface area (Å²) < 4.78 is 19.0. The van der Waals surface area contributed by atoms with Crippen molar-refractivity contribution in [1.82, 2.24) is 16.0 Å². The quantitative estimate of drug-likeness (QED) is 0.652. The summed E-state index contributed by atoms with van der Waals surface area (Å²) in [5, 5.41) is 10.4. The molecular formula is C21H39N3O3. The van der Waals surface area contributed by atoms with Gasteiger partial charge >= 0.3 is 0 Å². The standard InChI is InChI=1S/C21H39N3O3/c1-4-10-16(11-5-1)25-19-22-20(26-17-12-6-2-7-13-17)24-21(23-19)27-18-14-8-3-9-15-18/h16-24H,1-15H2. The second kappa shape index (κ2) is 10.5. The van der Waals surface area contributed by atoms with E-state index in [9.17, 15) is 0 Å². The summed E-state index contributed by atoms with van der Waals surface area (Å²) in [6.07, 6.45) is 19.0. The topological polar surface area (TPSA) is 63.8 Å². The second-order valence-electron chi connectivity index (χ2n) is 8.83. The highest BCUT2D eigenvalue weighted by Gasteiger charge is 2.33. The molecule has 4 rings (SSSR count). The van der Waals surface area contributed by atoms with E-state index in [1.807, 2.05) is 0 Å². The highest BCUT2D eigenvalue weighted by Crippen LogP contribution is 2.25. The minimum Gasteiger partial charge on any atom is -0.346 e. The summed E-state index contributed by atoms with van der Waals surface area (Å²) in [7, 11) is 0. The smallest absolute Gasteiger partial charge is 0.169 e. The third-order valence-electron chi connectivity index (χ3n) is 6.55. The highest BCUT2D eigenvalue weighted by molar-refractivity contribution is 4.76. The lowest BCUT2D eigenvalue weighted by molar-refractivity contribution is -0.204. The van der Waals surface area contributed by atoms with Gasteiger partial charge in [-0.15, -0.1) is 0 Å². The predicted molar refractivity (Wildman–Crippen MR) is 105 cm³/mol. The first-order chi connectivity index (χ1) is 13.3. The van der Waals surface area contributed by atoms with Gasteiger partial charge in [0.2, 0.25) is 0 Å². The van der Waals surface area contributed by atoms with Crippen molar-refractivity contribution in [2.75, 3.05) is 0 Å². The summed E-state index contributed by atoms with van der Waals surface area (Å²) in [6.45, 7) is 0. The Balaban J connectivity index is 1.32. The Morgan fingerprint density at radius 1 is 0.370 bits per heavy atom. The first-order valence-corrected chi connectivity index (χ1v) is 11.6. The molecule has 3 aliphatic carbocycles. The van der Waals surface area contributed by atoms with Crippen molar-refractivity contribution in [2.45, 2.75) is 134 Å². The lowest BCUT2D eigenvalue weighted by atomic mass is 9.98. The van der Waals surface area contributed by atoms with Gasteiger partial charge in [0, 0.05) is 0 Å². The molecule has 0 amide bonds. The fourth-order valence-electron chi connectivity index (χ4n) is 4.97. The summed E-state index contributed by atoms with van der Waals surface area (Å²) >= 11 is 0. The van der Waals surface area contributed by atoms with E-state index in [1.54, 1.807) is 0 Å². The lowest BCUT2D eigenvalue weighted by Crippen LogP contribution is -2.70. The van der Waals surface area contributed by atoms with E-state index in [4.69, 9.17) is 14.2 Å². The maximum Gasteiger partial charge on any atom is 0.169 e. The molecule has 27 heavy (non-hydrogen) atoms. The van der Waals surface area contributed by atoms with E-state index in [1.165, 1.54) is 57.8 Å². The van der Waals surface area contributed by atoms with Gasteiger partial charge in [0.25, 0.3) is 0 Å². The van der Waals surface area contributed by atoms with Crippen LogP contribution in [0.3, 0.4) is 0 Å². The Labute approximate surface area is 164 Å². The average Bonchev–Trinajstić information content (AvgIpc) is 2.70. The molecule has 1 saturated heterocycles. The monoisotopic (exact) mass is 381 g/mol. The van der Waals surface area contributed by atoms with Crippen LogP contribution in [0.4, 0.5) is 0 Å². The Morgan fingerprint density at radius 3 is 0.889 bits per heavy atom. The number of hydrogen-bond acceptors (Lipinski definition) is 6. The van der Waals surface area contributed by atoms with Crippen LogP contribution < -0.4 is 16.0 Å². The first-order valence-electron chi connectivity index (χ1n) is 11.6. The molecule has 0 aromatic rings. The first kappa shape index (κ1) is 20.0. The zero-order valence-corrected chi connectivity index (χ0v) is 16.8. The zero-order chi connectivity index (χ0) is 18.3. The van der Waals surface area contributed by atoms with Gasteiger partial charge < -0.3 is 14.2 Å². The van der Waals surface area contributed by atoms with Crippen LogP contribution in [0, 0.1) is 0 Å². The maximum atomic E-state index is 6.35. The van der Waals surface area contributed by atoms with Gasteiger partial charge in [-0.05, 0) is 38.5 Å². The molecule has 1 heterocycles. The molecule has 6 heteroatoms. The van der Waals surface area contributed by atoms with Crippen molar-refractivity contribution >= 4 is 0 Å². The Hall–Kier alpha value is -0.240. The van der Waals surface area contributed by atoms with Crippen LogP contribution in [-0.2, 0) is 14.2 Å². The van der Waals surface area contributed by atoms with Crippen molar-refractivity contribution in [3.63, 3.8) is 0 Å². The Bertz CT molecular complexity index is 353. The largest absolute Gasteiger partial charge is 0.346 e. The molecule has 1 aliphatic heterocycles. The molecule has 4 fully saturated rings. The fraction of sp³-hybridized carbons (Fsp3) is 1.00. The minimum absolute atomic E-state index is 0.212. The summed E-state index contributed by atoms with van der Waals surface area (Å²) in [5.74, 6) is 0. The molecule has 3 N–H and O–H groups in total. The minimum atomic E-state index is -0.212. The zero-order valence-electron chi connectivity index (χ0n) is 16.8. The third-order valence-corrected chi connectivity index (χ3v) is 6.55. The van der Waals surface area contributed by atoms with Crippen LogP contribution in [0.15, 0.2) is 0 Å². The average molecular weight is 382 g/mol. The second-order valence-corrected chi connectivity index (χ2v) is 8.83. The van der Waals surface area contributed by atoms with Crippen molar-refractivity contribution in [2.24, 2.45) is 0 Å². The predicted octanol–water partition coefficient (Wildman–Crippen LogP) is 3.67. The Kier molecular flexibility index (Phi) is 7.81. The van der Waals surface area contributed by atoms with Gasteiger partial charge in [-0.1, -0.05) is 57.8 Å². The van der Waals surface area contributed by atoms with E-state index in [0.717, 1.165) is 38.5 Å². The molecular weight excluding hydrogens is 342 g/mol. The molecule has 0 radical (unpaired) electrons. The van der Waals surface area contributed by atoms with Gasteiger partial charge in [-0.3, -0.25) is 0 Å². The van der Waals surface area contributed by atoms with Gasteiger partial charge in [0.05, 0.1) is 18.3 Å². The molecule has 0 aromatic heterocycles. The normalized spacial score (nSPS) is 35.3. The van der Waals surface area contributed by atoms with Crippen LogP contribution in [0.1, 0.15) is 96.3 Å². The molecule has 0 unspecified atom stereocenters. The highest BCUT2D eigenvalue weighted by atomic mass is 16.6. The lowest BCUT2D eigenvalue weighted by Gasteiger charge is -2.42. The van der Waals surface area contributed by atoms with Crippen LogP contribution in [0.2, 0.25) is 0 Å². The Morgan fingerprint density at radius 2 is 0.630 bits per heavy atom. The van der Waals surface area contributed by atoms with Crippen molar-refractivity contribution in [3.8, 4) is 0 Å². The number of hydrogen-bond donors (Lipinski definition) is 3. The van der Waals surface area contributed by atoms with Crippen LogP contribution in [-0.4, -0.2) is 37.4 Å². The van der Waals surface area contributed by atoms with E-state index >= 15 is 0 Å². The third kappa shape index (κ3) is 6.38. The molecule has 6 nitrogen and oxygen atoms in total. The summed E-state index contributed by atoms with van der Waals surface area (Å²) in [4.78, 5) is 0. The molecule has 4 aliphatic rings. The SMILES string of the molecule is C1CCC(OC2NC(OC3CCCCC3)NC(OC3CCCCC3)N2)CC1. The summed E-state index contributed by atoms with van der Waals surface area (Å²) in [5.41, 5.74) is 0. The number of rotatable bonds is 6. The van der Waals surface area contributed by atoms with E-state index in [2.05, 4.69) is 16.0 Å². The number of nitrogens with one attached hydrogen (secondary N) is 3. The van der Waals surface area contributed by atoms with Gasteiger partial charge in [0.1, 0.15) is 0 Å². The maximum absolute atomic E-state index is 6.35. The summed E-state index contributed by atoms with van der Waals surface area (Å²) in [6, 6.07) is 0. The molecule has 0 aromatic carbocycles. The van der Waals surface area contributed by atoms with Crippen molar-refractivity contribution in [1.29, 1.82) is 0 Å². The molecule has 0 atom stereocenters.